The molecule has 1 N–H and O–H groups in total. The quantitative estimate of drug-likeness (QED) is 0.664. The van der Waals surface area contributed by atoms with Gasteiger partial charge in [0, 0.05) is 18.7 Å². The SMILES string of the molecule is CC(=O)N[C@@H](CC(=O)OCc1cc(=O)n2c(C)cccc2n1)c1ccccc1. The molecule has 1 aromatic carbocycles. The van der Waals surface area contributed by atoms with Crippen LogP contribution in [0.25, 0.3) is 5.65 Å². The third-order valence-corrected chi connectivity index (χ3v) is 4.26. The van der Waals surface area contributed by atoms with Gasteiger partial charge in [-0.15, -0.1) is 0 Å². The molecule has 7 nitrogen and oxygen atoms in total. The van der Waals surface area contributed by atoms with E-state index in [9.17, 15) is 14.4 Å². The Morgan fingerprint density at radius 2 is 1.89 bits per heavy atom. The number of hydrogen-bond donors (Lipinski definition) is 1. The molecule has 0 saturated carbocycles. The van der Waals surface area contributed by atoms with Crippen molar-refractivity contribution < 1.29 is 14.3 Å². The highest BCUT2D eigenvalue weighted by atomic mass is 16.5. The summed E-state index contributed by atoms with van der Waals surface area (Å²) in [5.74, 6) is -0.727. The van der Waals surface area contributed by atoms with Crippen molar-refractivity contribution in [2.45, 2.75) is 32.9 Å². The minimum Gasteiger partial charge on any atom is -0.459 e. The van der Waals surface area contributed by atoms with Gasteiger partial charge in [0.2, 0.25) is 5.91 Å². The standard InChI is InChI=1S/C21H21N3O4/c1-14-7-6-10-19-23-17(11-20(26)24(14)19)13-28-21(27)12-18(22-15(2)25)16-8-4-3-5-9-16/h3-11,18H,12-13H2,1-2H3,(H,22,25)/t18-/m0/s1. The molecule has 0 aliphatic rings. The number of pyridine rings is 1. The summed E-state index contributed by atoms with van der Waals surface area (Å²) in [6.45, 7) is 3.11. The van der Waals surface area contributed by atoms with Crippen LogP contribution < -0.4 is 10.9 Å². The van der Waals surface area contributed by atoms with E-state index < -0.39 is 12.0 Å². The van der Waals surface area contributed by atoms with E-state index in [0.717, 1.165) is 11.3 Å². The summed E-state index contributed by atoms with van der Waals surface area (Å²) in [5.41, 5.74) is 2.24. The molecule has 1 amide bonds. The number of rotatable bonds is 6. The molecular formula is C21H21N3O4. The number of hydrogen-bond acceptors (Lipinski definition) is 5. The zero-order valence-corrected chi connectivity index (χ0v) is 15.7. The van der Waals surface area contributed by atoms with Gasteiger partial charge in [0.05, 0.1) is 18.2 Å². The number of aryl methyl sites for hydroxylation is 1. The number of carbonyl (C=O) groups is 2. The maximum Gasteiger partial charge on any atom is 0.308 e. The van der Waals surface area contributed by atoms with Crippen LogP contribution in [0.4, 0.5) is 0 Å². The topological polar surface area (TPSA) is 89.8 Å². The first-order valence-electron chi connectivity index (χ1n) is 8.90. The molecular weight excluding hydrogens is 358 g/mol. The number of benzene rings is 1. The lowest BCUT2D eigenvalue weighted by atomic mass is 10.0. The Kier molecular flexibility index (Phi) is 5.84. The van der Waals surface area contributed by atoms with Crippen molar-refractivity contribution in [2.75, 3.05) is 0 Å². The Balaban J connectivity index is 1.70. The Labute approximate surface area is 162 Å². The summed E-state index contributed by atoms with van der Waals surface area (Å²) in [6.07, 6.45) is -0.0186. The Morgan fingerprint density at radius 1 is 1.14 bits per heavy atom. The third kappa shape index (κ3) is 4.62. The van der Waals surface area contributed by atoms with Gasteiger partial charge >= 0.3 is 5.97 Å². The molecule has 0 saturated heterocycles. The minimum atomic E-state index is -0.492. The van der Waals surface area contributed by atoms with E-state index in [1.165, 1.54) is 17.4 Å². The fourth-order valence-corrected chi connectivity index (χ4v) is 3.00. The third-order valence-electron chi connectivity index (χ3n) is 4.26. The summed E-state index contributed by atoms with van der Waals surface area (Å²) in [4.78, 5) is 40.4. The largest absolute Gasteiger partial charge is 0.459 e. The number of amides is 1. The summed E-state index contributed by atoms with van der Waals surface area (Å²) in [5, 5.41) is 2.76. The van der Waals surface area contributed by atoms with Crippen LogP contribution in [-0.2, 0) is 20.9 Å². The Morgan fingerprint density at radius 3 is 2.61 bits per heavy atom. The number of nitrogens with one attached hydrogen (secondary N) is 1. The van der Waals surface area contributed by atoms with Crippen LogP contribution in [0.15, 0.2) is 59.4 Å². The second-order valence-corrected chi connectivity index (χ2v) is 6.48. The van der Waals surface area contributed by atoms with Crippen molar-refractivity contribution in [3.05, 3.63) is 81.9 Å². The van der Waals surface area contributed by atoms with Gasteiger partial charge in [-0.25, -0.2) is 4.98 Å². The van der Waals surface area contributed by atoms with E-state index >= 15 is 0 Å². The van der Waals surface area contributed by atoms with Gasteiger partial charge in [-0.05, 0) is 24.6 Å². The normalized spacial score (nSPS) is 11.8. The average molecular weight is 379 g/mol. The summed E-state index contributed by atoms with van der Waals surface area (Å²) < 4.78 is 6.79. The summed E-state index contributed by atoms with van der Waals surface area (Å²) >= 11 is 0. The Hall–Kier alpha value is -3.48. The van der Waals surface area contributed by atoms with Gasteiger partial charge in [0.15, 0.2) is 0 Å². The first-order valence-corrected chi connectivity index (χ1v) is 8.90. The molecule has 0 radical (unpaired) electrons. The van der Waals surface area contributed by atoms with Crippen molar-refractivity contribution in [3.8, 4) is 0 Å². The van der Waals surface area contributed by atoms with Crippen molar-refractivity contribution in [1.29, 1.82) is 0 Å². The van der Waals surface area contributed by atoms with Crippen LogP contribution in [0.5, 0.6) is 0 Å². The van der Waals surface area contributed by atoms with Gasteiger partial charge in [-0.1, -0.05) is 36.4 Å². The molecule has 0 bridgehead atoms. The van der Waals surface area contributed by atoms with Crippen LogP contribution in [0.3, 0.4) is 0 Å². The van der Waals surface area contributed by atoms with Crippen molar-refractivity contribution in [1.82, 2.24) is 14.7 Å². The highest BCUT2D eigenvalue weighted by Gasteiger charge is 2.18. The molecule has 0 spiro atoms. The van der Waals surface area contributed by atoms with Crippen molar-refractivity contribution in [3.63, 3.8) is 0 Å². The molecule has 2 aromatic heterocycles. The zero-order valence-electron chi connectivity index (χ0n) is 15.7. The van der Waals surface area contributed by atoms with Crippen molar-refractivity contribution >= 4 is 17.5 Å². The second-order valence-electron chi connectivity index (χ2n) is 6.48. The fourth-order valence-electron chi connectivity index (χ4n) is 3.00. The number of ether oxygens (including phenoxy) is 1. The van der Waals surface area contributed by atoms with E-state index in [1.807, 2.05) is 49.4 Å². The molecule has 28 heavy (non-hydrogen) atoms. The Bertz CT molecular complexity index is 1060. The van der Waals surface area contributed by atoms with E-state index in [1.54, 1.807) is 6.07 Å². The molecule has 2 heterocycles. The second kappa shape index (κ2) is 8.47. The summed E-state index contributed by atoms with van der Waals surface area (Å²) in [7, 11) is 0. The highest BCUT2D eigenvalue weighted by molar-refractivity contribution is 5.76. The van der Waals surface area contributed by atoms with Crippen LogP contribution in [0.2, 0.25) is 0 Å². The minimum absolute atomic E-state index is 0.0186. The molecule has 0 aliphatic heterocycles. The predicted molar refractivity (Wildman–Crippen MR) is 104 cm³/mol. The first-order chi connectivity index (χ1) is 13.4. The molecule has 144 valence electrons. The maximum atomic E-state index is 12.3. The van der Waals surface area contributed by atoms with E-state index in [0.29, 0.717) is 11.3 Å². The number of fused-ring (bicyclic) bond motifs is 1. The highest BCUT2D eigenvalue weighted by Crippen LogP contribution is 2.17. The van der Waals surface area contributed by atoms with Crippen LogP contribution in [-0.4, -0.2) is 21.3 Å². The number of carbonyl (C=O) groups excluding carboxylic acids is 2. The van der Waals surface area contributed by atoms with E-state index in [4.69, 9.17) is 4.74 Å². The lowest BCUT2D eigenvalue weighted by Gasteiger charge is -2.17. The first kappa shape index (κ1) is 19.3. The van der Waals surface area contributed by atoms with Gasteiger partial charge in [-0.3, -0.25) is 18.8 Å². The van der Waals surface area contributed by atoms with E-state index in [2.05, 4.69) is 10.3 Å². The molecule has 0 unspecified atom stereocenters. The molecule has 0 aliphatic carbocycles. The molecule has 0 fully saturated rings. The molecule has 3 rings (SSSR count). The number of esters is 1. The predicted octanol–water partition coefficient (Wildman–Crippen LogP) is 2.31. The lowest BCUT2D eigenvalue weighted by Crippen LogP contribution is -2.28. The van der Waals surface area contributed by atoms with Gasteiger partial charge < -0.3 is 10.1 Å². The monoisotopic (exact) mass is 379 g/mol. The molecule has 7 heteroatoms. The van der Waals surface area contributed by atoms with Gasteiger partial charge in [0.25, 0.3) is 5.56 Å². The summed E-state index contributed by atoms with van der Waals surface area (Å²) in [6, 6.07) is 15.4. The van der Waals surface area contributed by atoms with Gasteiger partial charge in [-0.2, -0.15) is 0 Å². The maximum absolute atomic E-state index is 12.3. The number of aromatic nitrogens is 2. The van der Waals surface area contributed by atoms with Crippen LogP contribution >= 0.6 is 0 Å². The van der Waals surface area contributed by atoms with Crippen LogP contribution in [0.1, 0.15) is 36.3 Å². The smallest absolute Gasteiger partial charge is 0.308 e. The van der Waals surface area contributed by atoms with Gasteiger partial charge in [0.1, 0.15) is 12.3 Å². The number of nitrogens with zero attached hydrogens (tertiary/aromatic N) is 2. The zero-order chi connectivity index (χ0) is 20.1. The molecule has 3 aromatic rings. The fraction of sp³-hybridized carbons (Fsp3) is 0.238. The average Bonchev–Trinajstić information content (AvgIpc) is 2.66. The van der Waals surface area contributed by atoms with Crippen molar-refractivity contribution in [2.24, 2.45) is 0 Å². The van der Waals surface area contributed by atoms with Crippen LogP contribution in [0, 0.1) is 6.92 Å². The molecule has 1 atom stereocenters. The van der Waals surface area contributed by atoms with E-state index in [-0.39, 0.29) is 24.5 Å². The lowest BCUT2D eigenvalue weighted by molar-refractivity contribution is -0.145.